The Kier molecular flexibility index (Phi) is 3.53. The molecule has 94 valence electrons. The average molecular weight is 253 g/mol. The molecule has 2 aromatic carbocycles. The third-order valence-corrected chi connectivity index (χ3v) is 2.31. The van der Waals surface area contributed by atoms with E-state index in [0.717, 1.165) is 12.1 Å². The zero-order valence-corrected chi connectivity index (χ0v) is 9.29. The van der Waals surface area contributed by atoms with Crippen molar-refractivity contribution in [2.45, 2.75) is 6.54 Å². The zero-order valence-electron chi connectivity index (χ0n) is 9.29. The van der Waals surface area contributed by atoms with Crippen molar-refractivity contribution >= 4 is 0 Å². The van der Waals surface area contributed by atoms with Crippen molar-refractivity contribution in [3.8, 4) is 11.5 Å². The number of hydrogen-bond acceptors (Lipinski definition) is 2. The van der Waals surface area contributed by atoms with E-state index in [2.05, 4.69) is 0 Å². The fourth-order valence-corrected chi connectivity index (χ4v) is 1.49. The van der Waals surface area contributed by atoms with Gasteiger partial charge < -0.3 is 10.5 Å². The van der Waals surface area contributed by atoms with Crippen molar-refractivity contribution in [2.24, 2.45) is 5.73 Å². The smallest absolute Gasteiger partial charge is 0.201 e. The van der Waals surface area contributed by atoms with Gasteiger partial charge in [-0.2, -0.15) is 4.39 Å². The van der Waals surface area contributed by atoms with Crippen LogP contribution in [0.25, 0.3) is 0 Å². The third kappa shape index (κ3) is 2.62. The van der Waals surface area contributed by atoms with E-state index in [1.165, 1.54) is 24.3 Å². The summed E-state index contributed by atoms with van der Waals surface area (Å²) in [5, 5.41) is 0. The van der Waals surface area contributed by atoms with Crippen LogP contribution in [0.1, 0.15) is 5.56 Å². The van der Waals surface area contributed by atoms with E-state index < -0.39 is 17.5 Å². The molecule has 2 N–H and O–H groups in total. The van der Waals surface area contributed by atoms with Gasteiger partial charge in [-0.15, -0.1) is 0 Å². The Hall–Kier alpha value is -2.01. The Bertz CT molecular complexity index is 572. The summed E-state index contributed by atoms with van der Waals surface area (Å²) >= 11 is 0. The van der Waals surface area contributed by atoms with E-state index in [-0.39, 0.29) is 18.0 Å². The lowest BCUT2D eigenvalue weighted by Crippen LogP contribution is -1.98. The number of halogens is 3. The van der Waals surface area contributed by atoms with Crippen LogP contribution in [-0.2, 0) is 6.54 Å². The molecule has 0 fully saturated rings. The second kappa shape index (κ2) is 5.10. The lowest BCUT2D eigenvalue weighted by Gasteiger charge is -2.08. The quantitative estimate of drug-likeness (QED) is 0.910. The van der Waals surface area contributed by atoms with Crippen LogP contribution in [0.15, 0.2) is 36.4 Å². The molecule has 5 heteroatoms. The fourth-order valence-electron chi connectivity index (χ4n) is 1.49. The van der Waals surface area contributed by atoms with Crippen molar-refractivity contribution in [2.75, 3.05) is 0 Å². The minimum absolute atomic E-state index is 0.0694. The summed E-state index contributed by atoms with van der Waals surface area (Å²) < 4.78 is 44.6. The highest BCUT2D eigenvalue weighted by molar-refractivity contribution is 5.35. The second-order valence-corrected chi connectivity index (χ2v) is 3.65. The molecule has 18 heavy (non-hydrogen) atoms. The van der Waals surface area contributed by atoms with E-state index in [9.17, 15) is 13.2 Å². The number of benzene rings is 2. The van der Waals surface area contributed by atoms with Gasteiger partial charge in [-0.05, 0) is 29.8 Å². The minimum atomic E-state index is -1.11. The van der Waals surface area contributed by atoms with Crippen LogP contribution in [-0.4, -0.2) is 0 Å². The third-order valence-electron chi connectivity index (χ3n) is 2.31. The molecular weight excluding hydrogens is 243 g/mol. The van der Waals surface area contributed by atoms with E-state index >= 15 is 0 Å². The van der Waals surface area contributed by atoms with Crippen LogP contribution in [0.4, 0.5) is 13.2 Å². The van der Waals surface area contributed by atoms with Crippen LogP contribution >= 0.6 is 0 Å². The molecule has 2 nitrogen and oxygen atoms in total. The molecule has 0 unspecified atom stereocenters. The SMILES string of the molecule is NCc1cc(F)cc(Oc2cccc(F)c2F)c1. The Balaban J connectivity index is 2.34. The van der Waals surface area contributed by atoms with Gasteiger partial charge in [-0.3, -0.25) is 0 Å². The molecular formula is C13H10F3NO. The van der Waals surface area contributed by atoms with Crippen molar-refractivity contribution in [1.82, 2.24) is 0 Å². The largest absolute Gasteiger partial charge is 0.454 e. The summed E-state index contributed by atoms with van der Waals surface area (Å²) in [6.45, 7) is 0.125. The highest BCUT2D eigenvalue weighted by Gasteiger charge is 2.10. The minimum Gasteiger partial charge on any atom is -0.454 e. The molecule has 0 aromatic heterocycles. The van der Waals surface area contributed by atoms with E-state index in [0.29, 0.717) is 5.56 Å². The molecule has 0 amide bonds. The van der Waals surface area contributed by atoms with E-state index in [1.807, 2.05) is 0 Å². The van der Waals surface area contributed by atoms with Gasteiger partial charge in [0.05, 0.1) is 0 Å². The molecule has 2 rings (SSSR count). The normalized spacial score (nSPS) is 10.4. The molecule has 0 saturated heterocycles. The Morgan fingerprint density at radius 3 is 2.56 bits per heavy atom. The molecule has 0 heterocycles. The Labute approximate surface area is 102 Å². The van der Waals surface area contributed by atoms with Gasteiger partial charge in [-0.1, -0.05) is 6.07 Å². The maximum atomic E-state index is 13.4. The molecule has 0 aliphatic heterocycles. The monoisotopic (exact) mass is 253 g/mol. The predicted molar refractivity (Wildman–Crippen MR) is 60.7 cm³/mol. The van der Waals surface area contributed by atoms with Crippen LogP contribution in [0.5, 0.6) is 11.5 Å². The van der Waals surface area contributed by atoms with E-state index in [1.54, 1.807) is 0 Å². The van der Waals surface area contributed by atoms with Gasteiger partial charge in [-0.25, -0.2) is 8.78 Å². The summed E-state index contributed by atoms with van der Waals surface area (Å²) in [6, 6.07) is 7.31. The summed E-state index contributed by atoms with van der Waals surface area (Å²) in [6.07, 6.45) is 0. The first-order valence-electron chi connectivity index (χ1n) is 5.21. The van der Waals surface area contributed by atoms with Crippen molar-refractivity contribution < 1.29 is 17.9 Å². The molecule has 0 aliphatic carbocycles. The van der Waals surface area contributed by atoms with Gasteiger partial charge in [0.2, 0.25) is 5.82 Å². The van der Waals surface area contributed by atoms with Crippen LogP contribution in [0.2, 0.25) is 0 Å². The van der Waals surface area contributed by atoms with Gasteiger partial charge >= 0.3 is 0 Å². The summed E-state index contributed by atoms with van der Waals surface area (Å²) in [5.41, 5.74) is 5.88. The molecule has 0 bridgehead atoms. The molecule has 2 aromatic rings. The maximum absolute atomic E-state index is 13.4. The van der Waals surface area contributed by atoms with E-state index in [4.69, 9.17) is 10.5 Å². The van der Waals surface area contributed by atoms with Gasteiger partial charge in [0.25, 0.3) is 0 Å². The van der Waals surface area contributed by atoms with Crippen molar-refractivity contribution in [1.29, 1.82) is 0 Å². The first-order valence-corrected chi connectivity index (χ1v) is 5.21. The van der Waals surface area contributed by atoms with Crippen LogP contribution < -0.4 is 10.5 Å². The predicted octanol–water partition coefficient (Wildman–Crippen LogP) is 3.35. The molecule has 0 atom stereocenters. The number of ether oxygens (including phenoxy) is 1. The average Bonchev–Trinajstić information content (AvgIpc) is 2.34. The van der Waals surface area contributed by atoms with Crippen LogP contribution in [0.3, 0.4) is 0 Å². The topological polar surface area (TPSA) is 35.2 Å². The summed E-state index contributed by atoms with van der Waals surface area (Å²) in [4.78, 5) is 0. The molecule has 0 radical (unpaired) electrons. The highest BCUT2D eigenvalue weighted by Crippen LogP contribution is 2.27. The highest BCUT2D eigenvalue weighted by atomic mass is 19.2. The fraction of sp³-hybridized carbons (Fsp3) is 0.0769. The van der Waals surface area contributed by atoms with Crippen LogP contribution in [0, 0.1) is 17.5 Å². The van der Waals surface area contributed by atoms with Crippen molar-refractivity contribution in [3.05, 3.63) is 59.4 Å². The molecule has 0 spiro atoms. The first kappa shape index (κ1) is 12.4. The summed E-state index contributed by atoms with van der Waals surface area (Å²) in [7, 11) is 0. The second-order valence-electron chi connectivity index (χ2n) is 3.65. The lowest BCUT2D eigenvalue weighted by atomic mass is 10.2. The van der Waals surface area contributed by atoms with Gasteiger partial charge in [0.1, 0.15) is 11.6 Å². The Morgan fingerprint density at radius 2 is 1.83 bits per heavy atom. The molecule has 0 aliphatic rings. The summed E-state index contributed by atoms with van der Waals surface area (Å²) in [5.74, 6) is -2.92. The first-order chi connectivity index (χ1) is 8.60. The zero-order chi connectivity index (χ0) is 13.1. The van der Waals surface area contributed by atoms with Crippen molar-refractivity contribution in [3.63, 3.8) is 0 Å². The number of nitrogens with two attached hydrogens (primary N) is 1. The number of hydrogen-bond donors (Lipinski definition) is 1. The maximum Gasteiger partial charge on any atom is 0.201 e. The van der Waals surface area contributed by atoms with Gasteiger partial charge in [0, 0.05) is 12.6 Å². The van der Waals surface area contributed by atoms with Gasteiger partial charge in [0.15, 0.2) is 11.6 Å². The standard InChI is InChI=1S/C13H10F3NO/c14-9-4-8(7-17)5-10(6-9)18-12-3-1-2-11(15)13(12)16/h1-6H,7,17H2. The number of rotatable bonds is 3. The lowest BCUT2D eigenvalue weighted by molar-refractivity contribution is 0.413. The Morgan fingerprint density at radius 1 is 1.06 bits per heavy atom. The molecule has 0 saturated carbocycles.